The molecule has 47 heavy (non-hydrogen) atoms. The molecule has 2 aromatic carbocycles. The van der Waals surface area contributed by atoms with Crippen molar-refractivity contribution in [3.63, 3.8) is 0 Å². The molecular weight excluding hydrogens is 600 g/mol. The molecule has 1 amide bonds. The smallest absolute Gasteiger partial charge is 0.410 e. The summed E-state index contributed by atoms with van der Waals surface area (Å²) in [4.78, 5) is 20.7. The van der Waals surface area contributed by atoms with Crippen molar-refractivity contribution in [1.29, 1.82) is 0 Å². The van der Waals surface area contributed by atoms with Gasteiger partial charge in [0.15, 0.2) is 0 Å². The van der Waals surface area contributed by atoms with Gasteiger partial charge in [-0.25, -0.2) is 4.79 Å². The largest absolute Gasteiger partial charge is 0.508 e. The molecular formula is C37H48N2O8. The third kappa shape index (κ3) is 7.20. The third-order valence-electron chi connectivity index (χ3n) is 9.82. The summed E-state index contributed by atoms with van der Waals surface area (Å²) in [6, 6.07) is 14.0. The molecule has 6 atom stereocenters. The first-order valence-corrected chi connectivity index (χ1v) is 16.6. The standard InChI is InChI=1S/C37H48N2O8/c1-4-20-46-37-33(39(2)36(43)45-24-25-12-6-5-7-13-25)23-31(38-44-3)29-21-26(14-8-10-18-40)28(15-9-11-19-41)34(35(29)37)30-22-27(42)16-17-32(30)47-37/h4-7,12-13,16-17,21-22,26,28,33-35,40-42H,1,8-11,14-15,18-20,23-24H2,2-3H3/t26-,28+,33-,34+,35+,37+/m0/s1. The highest BCUT2D eigenvalue weighted by Crippen LogP contribution is 2.61. The average Bonchev–Trinajstić information content (AvgIpc) is 3.08. The monoisotopic (exact) mass is 648 g/mol. The molecule has 0 radical (unpaired) electrons. The lowest BCUT2D eigenvalue weighted by Crippen LogP contribution is -2.69. The Balaban J connectivity index is 1.65. The molecule has 1 fully saturated rings. The van der Waals surface area contributed by atoms with Gasteiger partial charge in [0.2, 0.25) is 5.79 Å². The fourth-order valence-electron chi connectivity index (χ4n) is 7.80. The molecule has 0 spiro atoms. The number of oxime groups is 1. The van der Waals surface area contributed by atoms with Crippen LogP contribution in [0, 0.1) is 17.8 Å². The van der Waals surface area contributed by atoms with Crippen molar-refractivity contribution in [3.8, 4) is 11.5 Å². The van der Waals surface area contributed by atoms with E-state index in [4.69, 9.17) is 19.0 Å². The zero-order valence-corrected chi connectivity index (χ0v) is 27.4. The van der Waals surface area contributed by atoms with Crippen LogP contribution in [0.15, 0.2) is 78.0 Å². The molecule has 1 aliphatic heterocycles. The average molecular weight is 649 g/mol. The molecule has 3 N–H and O–H groups in total. The SMILES string of the molecule is C=CCO[C@@]12Oc3ccc(O)cc3[C@H]3[C@H](CCCCO)[C@@H](CCCCO)C=C(C(=NOC)C[C@@H]1N(C)C(=O)OCc1ccccc1)[C@H]32. The number of aliphatic hydroxyl groups excluding tert-OH is 2. The Hall–Kier alpha value is -3.86. The summed E-state index contributed by atoms with van der Waals surface area (Å²) in [5.41, 5.74) is 3.37. The van der Waals surface area contributed by atoms with E-state index in [1.165, 1.54) is 7.11 Å². The summed E-state index contributed by atoms with van der Waals surface area (Å²) in [6.07, 6.45) is 8.38. The number of benzene rings is 2. The summed E-state index contributed by atoms with van der Waals surface area (Å²) >= 11 is 0. The number of allylic oxidation sites excluding steroid dienone is 1. The number of carbonyl (C=O) groups excluding carboxylic acids is 1. The van der Waals surface area contributed by atoms with Crippen molar-refractivity contribution in [2.45, 2.75) is 69.3 Å². The zero-order valence-electron chi connectivity index (χ0n) is 27.4. The molecule has 10 nitrogen and oxygen atoms in total. The Bertz CT molecular complexity index is 1430. The molecule has 2 aliphatic carbocycles. The van der Waals surface area contributed by atoms with Crippen LogP contribution in [0.2, 0.25) is 0 Å². The maximum Gasteiger partial charge on any atom is 0.410 e. The van der Waals surface area contributed by atoms with Gasteiger partial charge < -0.3 is 39.3 Å². The van der Waals surface area contributed by atoms with E-state index in [9.17, 15) is 20.1 Å². The number of unbranched alkanes of at least 4 members (excludes halogenated alkanes) is 2. The third-order valence-corrected chi connectivity index (χ3v) is 9.82. The van der Waals surface area contributed by atoms with Crippen LogP contribution in [0.1, 0.15) is 62.0 Å². The number of amides is 1. The minimum atomic E-state index is -1.35. The minimum Gasteiger partial charge on any atom is -0.508 e. The van der Waals surface area contributed by atoms with Crippen LogP contribution in [0.5, 0.6) is 11.5 Å². The highest BCUT2D eigenvalue weighted by Gasteiger charge is 2.65. The summed E-state index contributed by atoms with van der Waals surface area (Å²) in [6.45, 7) is 4.42. The fourth-order valence-corrected chi connectivity index (χ4v) is 7.80. The molecule has 0 saturated heterocycles. The number of likely N-dealkylation sites (N-methyl/N-ethyl adjacent to an activating group) is 1. The normalized spacial score (nSPS) is 26.8. The summed E-state index contributed by atoms with van der Waals surface area (Å²) in [5.74, 6) is -1.05. The predicted octanol–water partition coefficient (Wildman–Crippen LogP) is 5.92. The maximum atomic E-state index is 13.8. The number of aliphatic hydroxyl groups is 2. The van der Waals surface area contributed by atoms with E-state index in [0.717, 1.165) is 42.4 Å². The van der Waals surface area contributed by atoms with Crippen LogP contribution < -0.4 is 4.74 Å². The van der Waals surface area contributed by atoms with E-state index in [-0.39, 0.29) is 56.4 Å². The number of ether oxygens (including phenoxy) is 3. The van der Waals surface area contributed by atoms with Gasteiger partial charge in [0, 0.05) is 38.2 Å². The van der Waals surface area contributed by atoms with Crippen molar-refractivity contribution in [3.05, 3.63) is 84.0 Å². The Morgan fingerprint density at radius 1 is 1.11 bits per heavy atom. The predicted molar refractivity (Wildman–Crippen MR) is 178 cm³/mol. The van der Waals surface area contributed by atoms with E-state index in [1.54, 1.807) is 36.2 Å². The molecule has 1 saturated carbocycles. The molecule has 254 valence electrons. The number of nitrogens with zero attached hydrogens (tertiary/aromatic N) is 2. The first-order chi connectivity index (χ1) is 22.9. The molecule has 1 heterocycles. The summed E-state index contributed by atoms with van der Waals surface area (Å²) < 4.78 is 19.5. The van der Waals surface area contributed by atoms with E-state index >= 15 is 0 Å². The number of hydrogen-bond acceptors (Lipinski definition) is 9. The first kappa shape index (κ1) is 34.5. The molecule has 3 aliphatic rings. The fraction of sp³-hybridized carbons (Fsp3) is 0.514. The van der Waals surface area contributed by atoms with Crippen molar-refractivity contribution in [1.82, 2.24) is 4.90 Å². The summed E-state index contributed by atoms with van der Waals surface area (Å²) in [7, 11) is 3.21. The van der Waals surface area contributed by atoms with Gasteiger partial charge >= 0.3 is 6.09 Å². The van der Waals surface area contributed by atoms with Gasteiger partial charge in [-0.15, -0.1) is 6.58 Å². The lowest BCUT2D eigenvalue weighted by Gasteiger charge is -2.59. The van der Waals surface area contributed by atoms with Gasteiger partial charge in [0.25, 0.3) is 0 Å². The highest BCUT2D eigenvalue weighted by atomic mass is 16.7. The van der Waals surface area contributed by atoms with Crippen LogP contribution in [-0.4, -0.2) is 77.8 Å². The molecule has 0 aromatic heterocycles. The summed E-state index contributed by atoms with van der Waals surface area (Å²) in [5, 5.41) is 34.5. The Labute approximate surface area is 277 Å². The molecule has 5 rings (SSSR count). The molecule has 0 unspecified atom stereocenters. The van der Waals surface area contributed by atoms with E-state index in [2.05, 4.69) is 17.8 Å². The van der Waals surface area contributed by atoms with E-state index in [0.29, 0.717) is 24.3 Å². The number of aromatic hydroxyl groups is 1. The van der Waals surface area contributed by atoms with Crippen LogP contribution in [0.4, 0.5) is 4.79 Å². The number of fused-ring (bicyclic) bond motifs is 2. The van der Waals surface area contributed by atoms with Crippen LogP contribution in [0.25, 0.3) is 0 Å². The lowest BCUT2D eigenvalue weighted by molar-refractivity contribution is -0.253. The minimum absolute atomic E-state index is 0.0861. The van der Waals surface area contributed by atoms with Gasteiger partial charge in [0.1, 0.15) is 31.3 Å². The maximum absolute atomic E-state index is 13.8. The zero-order chi connectivity index (χ0) is 33.4. The molecule has 2 aromatic rings. The van der Waals surface area contributed by atoms with Gasteiger partial charge in [-0.05, 0) is 66.9 Å². The number of hydrogen-bond donors (Lipinski definition) is 3. The van der Waals surface area contributed by atoms with Crippen LogP contribution >= 0.6 is 0 Å². The van der Waals surface area contributed by atoms with E-state index in [1.807, 2.05) is 30.3 Å². The number of rotatable bonds is 15. The Morgan fingerprint density at radius 3 is 2.55 bits per heavy atom. The second kappa shape index (κ2) is 15.8. The quantitative estimate of drug-likeness (QED) is 0.123. The lowest BCUT2D eigenvalue weighted by atomic mass is 9.55. The van der Waals surface area contributed by atoms with Crippen LogP contribution in [-0.2, 0) is 20.9 Å². The Kier molecular flexibility index (Phi) is 11.6. The highest BCUT2D eigenvalue weighted by molar-refractivity contribution is 6.02. The number of carbonyl (C=O) groups is 1. The molecule has 0 bridgehead atoms. The van der Waals surface area contributed by atoms with Gasteiger partial charge in [-0.2, -0.15) is 0 Å². The molecule has 10 heteroatoms. The van der Waals surface area contributed by atoms with Crippen molar-refractivity contribution < 1.29 is 39.2 Å². The van der Waals surface area contributed by atoms with Crippen LogP contribution in [0.3, 0.4) is 0 Å². The second-order valence-electron chi connectivity index (χ2n) is 12.6. The van der Waals surface area contributed by atoms with Crippen molar-refractivity contribution in [2.24, 2.45) is 22.9 Å². The topological polar surface area (TPSA) is 130 Å². The second-order valence-corrected chi connectivity index (χ2v) is 12.6. The van der Waals surface area contributed by atoms with E-state index < -0.39 is 23.8 Å². The Morgan fingerprint density at radius 2 is 1.85 bits per heavy atom. The van der Waals surface area contributed by atoms with Gasteiger partial charge in [-0.1, -0.05) is 60.5 Å². The van der Waals surface area contributed by atoms with Crippen molar-refractivity contribution >= 4 is 11.8 Å². The first-order valence-electron chi connectivity index (χ1n) is 16.6. The van der Waals surface area contributed by atoms with Gasteiger partial charge in [-0.3, -0.25) is 0 Å². The number of phenols is 1. The number of phenolic OH excluding ortho intramolecular Hbond substituents is 1. The van der Waals surface area contributed by atoms with Crippen molar-refractivity contribution in [2.75, 3.05) is 34.0 Å². The van der Waals surface area contributed by atoms with Gasteiger partial charge in [0.05, 0.1) is 18.2 Å².